The number of aliphatic hydroxyl groups is 1. The third-order valence-electron chi connectivity index (χ3n) is 5.31. The van der Waals surface area contributed by atoms with Crippen molar-refractivity contribution in [3.63, 3.8) is 0 Å². The molecule has 0 bridgehead atoms. The Morgan fingerprint density at radius 2 is 2.00 bits per heavy atom. The van der Waals surface area contributed by atoms with Gasteiger partial charge in [0.15, 0.2) is 5.78 Å². The van der Waals surface area contributed by atoms with Crippen LogP contribution in [0.5, 0.6) is 0 Å². The molecule has 5 nitrogen and oxygen atoms in total. The lowest BCUT2D eigenvalue weighted by Gasteiger charge is -2.43. The zero-order valence-corrected chi connectivity index (χ0v) is 15.1. The Balaban J connectivity index is 2.14. The molecular weight excluding hydrogens is 302 g/mol. The van der Waals surface area contributed by atoms with Crippen LogP contribution in [0.1, 0.15) is 45.7 Å². The van der Waals surface area contributed by atoms with Gasteiger partial charge in [0.2, 0.25) is 0 Å². The van der Waals surface area contributed by atoms with Crippen LogP contribution in [0, 0.1) is 5.41 Å². The van der Waals surface area contributed by atoms with Gasteiger partial charge in [0, 0.05) is 24.4 Å². The van der Waals surface area contributed by atoms with E-state index in [1.807, 2.05) is 18.2 Å². The van der Waals surface area contributed by atoms with Crippen molar-refractivity contribution < 1.29 is 9.90 Å². The molecule has 2 heterocycles. The Morgan fingerprint density at radius 1 is 1.33 bits per heavy atom. The van der Waals surface area contributed by atoms with Crippen molar-refractivity contribution in [2.75, 3.05) is 13.1 Å². The minimum Gasteiger partial charge on any atom is -0.391 e. The summed E-state index contributed by atoms with van der Waals surface area (Å²) >= 11 is 0. The Morgan fingerprint density at radius 3 is 2.50 bits per heavy atom. The van der Waals surface area contributed by atoms with Crippen LogP contribution in [0.4, 0.5) is 0 Å². The molecule has 24 heavy (non-hydrogen) atoms. The van der Waals surface area contributed by atoms with Crippen LogP contribution < -0.4 is 5.73 Å². The second-order valence-electron chi connectivity index (χ2n) is 7.54. The van der Waals surface area contributed by atoms with Gasteiger partial charge in [-0.1, -0.05) is 6.07 Å². The SMILES string of the molecule is CC(O)C(N)C(=O)CC1(Cc2ccccn2)CCN(C(C)C)CC1. The maximum Gasteiger partial charge on any atom is 0.152 e. The van der Waals surface area contributed by atoms with Crippen molar-refractivity contribution in [2.45, 2.75) is 64.6 Å². The molecule has 2 unspecified atom stereocenters. The Hall–Kier alpha value is -1.30. The normalized spacial score (nSPS) is 20.8. The number of pyridine rings is 1. The number of hydrogen-bond acceptors (Lipinski definition) is 5. The molecule has 5 heteroatoms. The zero-order valence-electron chi connectivity index (χ0n) is 15.1. The second-order valence-corrected chi connectivity index (χ2v) is 7.54. The van der Waals surface area contributed by atoms with Crippen molar-refractivity contribution in [1.82, 2.24) is 9.88 Å². The number of nitrogens with zero attached hydrogens (tertiary/aromatic N) is 2. The summed E-state index contributed by atoms with van der Waals surface area (Å²) in [5.41, 5.74) is 6.79. The van der Waals surface area contributed by atoms with E-state index < -0.39 is 12.1 Å². The molecule has 1 aromatic rings. The molecule has 3 N–H and O–H groups in total. The fourth-order valence-corrected chi connectivity index (χ4v) is 3.57. The monoisotopic (exact) mass is 333 g/mol. The van der Waals surface area contributed by atoms with Gasteiger partial charge < -0.3 is 15.7 Å². The summed E-state index contributed by atoms with van der Waals surface area (Å²) in [4.78, 5) is 19.5. The van der Waals surface area contributed by atoms with Crippen LogP contribution in [-0.4, -0.2) is 52.1 Å². The number of rotatable bonds is 7. The molecule has 2 atom stereocenters. The molecule has 0 aliphatic carbocycles. The average molecular weight is 333 g/mol. The molecule has 1 aromatic heterocycles. The summed E-state index contributed by atoms with van der Waals surface area (Å²) in [6.07, 6.45) is 4.12. The van der Waals surface area contributed by atoms with Crippen LogP contribution in [0.15, 0.2) is 24.4 Å². The summed E-state index contributed by atoms with van der Waals surface area (Å²) in [7, 11) is 0. The molecule has 0 spiro atoms. The predicted molar refractivity (Wildman–Crippen MR) is 95.6 cm³/mol. The Bertz CT molecular complexity index is 523. The topological polar surface area (TPSA) is 79.5 Å². The fraction of sp³-hybridized carbons (Fsp3) is 0.684. The maximum atomic E-state index is 12.5. The van der Waals surface area contributed by atoms with Crippen molar-refractivity contribution in [3.05, 3.63) is 30.1 Å². The van der Waals surface area contributed by atoms with Gasteiger partial charge in [-0.25, -0.2) is 0 Å². The average Bonchev–Trinajstić information content (AvgIpc) is 2.55. The Kier molecular flexibility index (Phi) is 6.49. The van der Waals surface area contributed by atoms with Gasteiger partial charge in [0.05, 0.1) is 12.1 Å². The van der Waals surface area contributed by atoms with E-state index in [0.29, 0.717) is 12.5 Å². The van der Waals surface area contributed by atoms with Gasteiger partial charge in [-0.05, 0) is 70.7 Å². The van der Waals surface area contributed by atoms with Crippen molar-refractivity contribution in [2.24, 2.45) is 11.1 Å². The standard InChI is InChI=1S/C19H31N3O2/c1-14(2)22-10-7-19(8-11-22,12-16-6-4-5-9-21-16)13-17(24)18(20)15(3)23/h4-6,9,14-15,18,23H,7-8,10-13,20H2,1-3H3. The third kappa shape index (κ3) is 4.85. The second kappa shape index (κ2) is 8.19. The molecule has 0 saturated carbocycles. The minimum atomic E-state index is -0.805. The number of hydrogen-bond donors (Lipinski definition) is 2. The quantitative estimate of drug-likeness (QED) is 0.795. The smallest absolute Gasteiger partial charge is 0.152 e. The van der Waals surface area contributed by atoms with Gasteiger partial charge in [0.1, 0.15) is 0 Å². The fourth-order valence-electron chi connectivity index (χ4n) is 3.57. The van der Waals surface area contributed by atoms with Crippen molar-refractivity contribution in [1.29, 1.82) is 0 Å². The first-order valence-electron chi connectivity index (χ1n) is 8.93. The molecular formula is C19H31N3O2. The molecule has 0 aromatic carbocycles. The summed E-state index contributed by atoms with van der Waals surface area (Å²) in [6.45, 7) is 7.97. The number of aliphatic hydroxyl groups excluding tert-OH is 1. The molecule has 1 saturated heterocycles. The number of aromatic nitrogens is 1. The summed E-state index contributed by atoms with van der Waals surface area (Å²) in [6, 6.07) is 5.65. The van der Waals surface area contributed by atoms with Gasteiger partial charge >= 0.3 is 0 Å². The zero-order chi connectivity index (χ0) is 17.7. The van der Waals surface area contributed by atoms with Crippen molar-refractivity contribution in [3.8, 4) is 0 Å². The summed E-state index contributed by atoms with van der Waals surface area (Å²) < 4.78 is 0. The van der Waals surface area contributed by atoms with E-state index >= 15 is 0 Å². The molecule has 1 aliphatic rings. The maximum absolute atomic E-state index is 12.5. The van der Waals surface area contributed by atoms with Crippen LogP contribution >= 0.6 is 0 Å². The first kappa shape index (κ1) is 19.0. The highest BCUT2D eigenvalue weighted by atomic mass is 16.3. The van der Waals surface area contributed by atoms with E-state index in [1.165, 1.54) is 0 Å². The van der Waals surface area contributed by atoms with Crippen LogP contribution in [0.2, 0.25) is 0 Å². The number of Topliss-reactive ketones (excluding diaryl/α,β-unsaturated/α-hetero) is 1. The van der Waals surface area contributed by atoms with Crippen LogP contribution in [0.3, 0.4) is 0 Å². The number of carbonyl (C=O) groups is 1. The number of nitrogens with two attached hydrogens (primary N) is 1. The Labute approximate surface area is 145 Å². The molecule has 0 amide bonds. The molecule has 2 rings (SSSR count). The first-order chi connectivity index (χ1) is 11.3. The number of carbonyl (C=O) groups excluding carboxylic acids is 1. The van der Waals surface area contributed by atoms with E-state index in [4.69, 9.17) is 5.73 Å². The van der Waals surface area contributed by atoms with E-state index in [-0.39, 0.29) is 11.2 Å². The summed E-state index contributed by atoms with van der Waals surface area (Å²) in [5.74, 6) is -0.0427. The predicted octanol–water partition coefficient (Wildman–Crippen LogP) is 1.78. The van der Waals surface area contributed by atoms with E-state index in [2.05, 4.69) is 23.7 Å². The summed E-state index contributed by atoms with van der Waals surface area (Å²) in [5, 5.41) is 9.64. The van der Waals surface area contributed by atoms with Gasteiger partial charge in [-0.3, -0.25) is 9.78 Å². The van der Waals surface area contributed by atoms with E-state index in [9.17, 15) is 9.90 Å². The van der Waals surface area contributed by atoms with Gasteiger partial charge in [-0.2, -0.15) is 0 Å². The van der Waals surface area contributed by atoms with Gasteiger partial charge in [-0.15, -0.1) is 0 Å². The largest absolute Gasteiger partial charge is 0.391 e. The highest BCUT2D eigenvalue weighted by Crippen LogP contribution is 2.39. The van der Waals surface area contributed by atoms with E-state index in [0.717, 1.165) is 38.0 Å². The lowest BCUT2D eigenvalue weighted by molar-refractivity contribution is -0.125. The highest BCUT2D eigenvalue weighted by molar-refractivity contribution is 5.85. The molecule has 1 aliphatic heterocycles. The van der Waals surface area contributed by atoms with Gasteiger partial charge in [0.25, 0.3) is 0 Å². The lowest BCUT2D eigenvalue weighted by Crippen LogP contribution is -2.48. The van der Waals surface area contributed by atoms with Crippen LogP contribution in [0.25, 0.3) is 0 Å². The number of piperidine rings is 1. The highest BCUT2D eigenvalue weighted by Gasteiger charge is 2.39. The van der Waals surface area contributed by atoms with Crippen molar-refractivity contribution >= 4 is 5.78 Å². The molecule has 0 radical (unpaired) electrons. The minimum absolute atomic E-state index is 0.0427. The first-order valence-corrected chi connectivity index (χ1v) is 8.93. The molecule has 134 valence electrons. The lowest BCUT2D eigenvalue weighted by atomic mass is 9.70. The molecule has 1 fully saturated rings. The number of likely N-dealkylation sites (tertiary alicyclic amines) is 1. The van der Waals surface area contributed by atoms with Crippen LogP contribution in [-0.2, 0) is 11.2 Å². The third-order valence-corrected chi connectivity index (χ3v) is 5.31. The van der Waals surface area contributed by atoms with E-state index in [1.54, 1.807) is 13.1 Å². The number of ketones is 1.